The Balaban J connectivity index is 1.30. The number of hydrogen-bond acceptors (Lipinski definition) is 7. The zero-order chi connectivity index (χ0) is 17.9. The molecule has 1 aliphatic heterocycles. The molecule has 0 atom stereocenters. The molecule has 8 heteroatoms. The van der Waals surface area contributed by atoms with Gasteiger partial charge < -0.3 is 8.94 Å². The summed E-state index contributed by atoms with van der Waals surface area (Å²) in [6.07, 6.45) is 1.67. The van der Waals surface area contributed by atoms with Crippen LogP contribution in [0.4, 0.5) is 4.39 Å². The van der Waals surface area contributed by atoms with E-state index in [1.165, 1.54) is 12.1 Å². The highest BCUT2D eigenvalue weighted by Gasteiger charge is 2.20. The van der Waals surface area contributed by atoms with Crippen LogP contribution in [0.2, 0.25) is 0 Å². The predicted molar refractivity (Wildman–Crippen MR) is 91.5 cm³/mol. The lowest BCUT2D eigenvalue weighted by Gasteiger charge is -2.33. The van der Waals surface area contributed by atoms with Gasteiger partial charge in [0, 0.05) is 38.3 Å². The summed E-state index contributed by atoms with van der Waals surface area (Å²) < 4.78 is 23.7. The summed E-state index contributed by atoms with van der Waals surface area (Å²) in [6.45, 7) is 6.99. The molecule has 3 heterocycles. The highest BCUT2D eigenvalue weighted by atomic mass is 19.1. The van der Waals surface area contributed by atoms with Gasteiger partial charge in [-0.25, -0.2) is 9.37 Å². The minimum absolute atomic E-state index is 0.269. The topological polar surface area (TPSA) is 71.4 Å². The number of oxazole rings is 1. The average molecular weight is 357 g/mol. The van der Waals surface area contributed by atoms with E-state index < -0.39 is 0 Å². The number of aryl methyl sites for hydroxylation is 1. The lowest BCUT2D eigenvalue weighted by Crippen LogP contribution is -2.45. The molecule has 3 aromatic rings. The van der Waals surface area contributed by atoms with Gasteiger partial charge in [-0.05, 0) is 31.2 Å². The van der Waals surface area contributed by atoms with Gasteiger partial charge in [-0.3, -0.25) is 9.80 Å². The molecule has 0 amide bonds. The Labute approximate surface area is 150 Å². The molecule has 0 N–H and O–H groups in total. The normalized spacial score (nSPS) is 16.2. The fourth-order valence-electron chi connectivity index (χ4n) is 3.03. The number of piperazine rings is 1. The molecule has 1 saturated heterocycles. The van der Waals surface area contributed by atoms with Gasteiger partial charge in [0.15, 0.2) is 5.82 Å². The Morgan fingerprint density at radius 3 is 2.35 bits per heavy atom. The van der Waals surface area contributed by atoms with Crippen molar-refractivity contribution < 1.29 is 13.3 Å². The van der Waals surface area contributed by atoms with Crippen LogP contribution in [0, 0.1) is 12.7 Å². The van der Waals surface area contributed by atoms with Gasteiger partial charge in [0.1, 0.15) is 12.1 Å². The number of benzene rings is 1. The van der Waals surface area contributed by atoms with Crippen LogP contribution < -0.4 is 0 Å². The molecule has 4 rings (SSSR count). The first-order valence-electron chi connectivity index (χ1n) is 8.60. The first-order chi connectivity index (χ1) is 12.7. The van der Waals surface area contributed by atoms with E-state index in [1.807, 2.05) is 6.92 Å². The number of halogens is 1. The molecule has 0 saturated carbocycles. The fraction of sp³-hybridized carbons (Fsp3) is 0.389. The molecule has 0 aliphatic carbocycles. The number of hydrogen-bond donors (Lipinski definition) is 0. The van der Waals surface area contributed by atoms with Crippen LogP contribution in [-0.2, 0) is 13.1 Å². The van der Waals surface area contributed by atoms with Crippen molar-refractivity contribution in [1.29, 1.82) is 0 Å². The second-order valence-electron chi connectivity index (χ2n) is 6.44. The Kier molecular flexibility index (Phi) is 4.77. The van der Waals surface area contributed by atoms with E-state index in [1.54, 1.807) is 18.4 Å². The zero-order valence-corrected chi connectivity index (χ0v) is 14.6. The summed E-state index contributed by atoms with van der Waals surface area (Å²) in [4.78, 5) is 13.4. The van der Waals surface area contributed by atoms with Crippen molar-refractivity contribution in [3.05, 3.63) is 53.8 Å². The van der Waals surface area contributed by atoms with E-state index in [-0.39, 0.29) is 5.82 Å². The second-order valence-corrected chi connectivity index (χ2v) is 6.44. The van der Waals surface area contributed by atoms with Crippen molar-refractivity contribution in [1.82, 2.24) is 24.9 Å². The molecule has 2 aromatic heterocycles. The van der Waals surface area contributed by atoms with E-state index >= 15 is 0 Å². The van der Waals surface area contributed by atoms with Gasteiger partial charge in [-0.15, -0.1) is 0 Å². The first kappa shape index (κ1) is 16.9. The summed E-state index contributed by atoms with van der Waals surface area (Å²) in [5.74, 6) is 1.58. The SMILES string of the molecule is Cc1noc(CN2CCN(Cc3coc(-c4ccc(F)cc4)n3)CC2)n1. The van der Waals surface area contributed by atoms with Gasteiger partial charge in [0.2, 0.25) is 11.8 Å². The summed E-state index contributed by atoms with van der Waals surface area (Å²) in [6, 6.07) is 6.15. The minimum atomic E-state index is -0.269. The molecule has 0 unspecified atom stereocenters. The average Bonchev–Trinajstić information content (AvgIpc) is 3.26. The molecular weight excluding hydrogens is 337 g/mol. The van der Waals surface area contributed by atoms with Crippen LogP contribution >= 0.6 is 0 Å². The van der Waals surface area contributed by atoms with E-state index in [0.717, 1.165) is 44.0 Å². The van der Waals surface area contributed by atoms with Crippen molar-refractivity contribution in [2.24, 2.45) is 0 Å². The fourth-order valence-corrected chi connectivity index (χ4v) is 3.03. The molecule has 0 radical (unpaired) electrons. The molecule has 1 aliphatic rings. The zero-order valence-electron chi connectivity index (χ0n) is 14.6. The second kappa shape index (κ2) is 7.35. The monoisotopic (exact) mass is 357 g/mol. The van der Waals surface area contributed by atoms with Crippen molar-refractivity contribution in [2.75, 3.05) is 26.2 Å². The predicted octanol–water partition coefficient (Wildman–Crippen LogP) is 2.49. The van der Waals surface area contributed by atoms with Gasteiger partial charge in [0.05, 0.1) is 12.2 Å². The quantitative estimate of drug-likeness (QED) is 0.695. The Morgan fingerprint density at radius 1 is 1.00 bits per heavy atom. The molecule has 1 aromatic carbocycles. The van der Waals surface area contributed by atoms with Gasteiger partial charge in [0.25, 0.3) is 0 Å². The summed E-state index contributed by atoms with van der Waals surface area (Å²) in [7, 11) is 0. The smallest absolute Gasteiger partial charge is 0.240 e. The van der Waals surface area contributed by atoms with Crippen molar-refractivity contribution in [2.45, 2.75) is 20.0 Å². The maximum Gasteiger partial charge on any atom is 0.240 e. The third kappa shape index (κ3) is 3.97. The van der Waals surface area contributed by atoms with Gasteiger partial charge in [-0.1, -0.05) is 5.16 Å². The molecule has 1 fully saturated rings. The maximum atomic E-state index is 13.0. The Morgan fingerprint density at radius 2 is 1.69 bits per heavy atom. The van der Waals surface area contributed by atoms with Crippen molar-refractivity contribution >= 4 is 0 Å². The molecular formula is C18H20FN5O2. The van der Waals surface area contributed by atoms with E-state index in [2.05, 4.69) is 24.9 Å². The highest BCUT2D eigenvalue weighted by molar-refractivity contribution is 5.52. The minimum Gasteiger partial charge on any atom is -0.444 e. The largest absolute Gasteiger partial charge is 0.444 e. The van der Waals surface area contributed by atoms with Crippen LogP contribution in [0.15, 0.2) is 39.5 Å². The first-order valence-corrected chi connectivity index (χ1v) is 8.60. The maximum absolute atomic E-state index is 13.0. The van der Waals surface area contributed by atoms with Crippen LogP contribution in [0.25, 0.3) is 11.5 Å². The highest BCUT2D eigenvalue weighted by Crippen LogP contribution is 2.20. The lowest BCUT2D eigenvalue weighted by atomic mass is 10.2. The number of aromatic nitrogens is 3. The van der Waals surface area contributed by atoms with Crippen LogP contribution in [-0.4, -0.2) is 51.1 Å². The lowest BCUT2D eigenvalue weighted by molar-refractivity contribution is 0.111. The molecule has 7 nitrogen and oxygen atoms in total. The van der Waals surface area contributed by atoms with E-state index in [0.29, 0.717) is 24.2 Å². The van der Waals surface area contributed by atoms with Crippen LogP contribution in [0.5, 0.6) is 0 Å². The Hall–Kier alpha value is -2.58. The molecule has 136 valence electrons. The van der Waals surface area contributed by atoms with Gasteiger partial charge >= 0.3 is 0 Å². The summed E-state index contributed by atoms with van der Waals surface area (Å²) in [5, 5.41) is 3.82. The summed E-state index contributed by atoms with van der Waals surface area (Å²) >= 11 is 0. The van der Waals surface area contributed by atoms with E-state index in [4.69, 9.17) is 8.94 Å². The third-order valence-corrected chi connectivity index (χ3v) is 4.42. The van der Waals surface area contributed by atoms with Crippen LogP contribution in [0.3, 0.4) is 0 Å². The van der Waals surface area contributed by atoms with Gasteiger partial charge in [-0.2, -0.15) is 4.98 Å². The van der Waals surface area contributed by atoms with E-state index in [9.17, 15) is 4.39 Å². The van der Waals surface area contributed by atoms with Crippen LogP contribution in [0.1, 0.15) is 17.4 Å². The number of nitrogens with zero attached hydrogens (tertiary/aromatic N) is 5. The molecule has 26 heavy (non-hydrogen) atoms. The molecule has 0 bridgehead atoms. The third-order valence-electron chi connectivity index (χ3n) is 4.42. The van der Waals surface area contributed by atoms with Crippen molar-refractivity contribution in [3.8, 4) is 11.5 Å². The summed E-state index contributed by atoms with van der Waals surface area (Å²) in [5.41, 5.74) is 1.66. The van der Waals surface area contributed by atoms with Crippen molar-refractivity contribution in [3.63, 3.8) is 0 Å². The number of rotatable bonds is 5. The standard InChI is InChI=1S/C18H20FN5O2/c1-13-20-17(26-22-13)11-24-8-6-23(7-9-24)10-16-12-25-18(21-16)14-2-4-15(19)5-3-14/h2-5,12H,6-11H2,1H3. The Bertz CT molecular complexity index is 853. The molecule has 0 spiro atoms.